The van der Waals surface area contributed by atoms with Gasteiger partial charge >= 0.3 is 0 Å². The fraction of sp³-hybridized carbons (Fsp3) is 0.167. The second-order valence-corrected chi connectivity index (χ2v) is 5.34. The number of hydrogen-bond donors (Lipinski definition) is 1. The Morgan fingerprint density at radius 1 is 1.17 bits per heavy atom. The summed E-state index contributed by atoms with van der Waals surface area (Å²) in [7, 11) is 1.58. The van der Waals surface area contributed by atoms with Gasteiger partial charge in [0.1, 0.15) is 17.1 Å². The van der Waals surface area contributed by atoms with Crippen LogP contribution >= 0.6 is 0 Å². The highest BCUT2D eigenvalue weighted by molar-refractivity contribution is 6.06. The predicted octanol–water partition coefficient (Wildman–Crippen LogP) is 4.45. The topological polar surface area (TPSA) is 51.5 Å². The van der Waals surface area contributed by atoms with Crippen LogP contribution in [0.15, 0.2) is 40.8 Å². The van der Waals surface area contributed by atoms with E-state index in [2.05, 4.69) is 5.32 Å². The summed E-state index contributed by atoms with van der Waals surface area (Å²) in [6.07, 6.45) is 0. The van der Waals surface area contributed by atoms with Crippen molar-refractivity contribution in [3.05, 3.63) is 59.1 Å². The molecule has 1 heterocycles. The molecule has 0 saturated carbocycles. The van der Waals surface area contributed by atoms with Crippen LogP contribution in [0.25, 0.3) is 11.0 Å². The molecule has 3 rings (SSSR count). The number of fused-ring (bicyclic) bond motifs is 1. The maximum absolute atomic E-state index is 13.6. The van der Waals surface area contributed by atoms with Gasteiger partial charge in [0.2, 0.25) is 0 Å². The third-order valence-electron chi connectivity index (χ3n) is 3.78. The lowest BCUT2D eigenvalue weighted by molar-refractivity contribution is 0.0998. The standard InChI is InChI=1S/C18H16FNO3/c1-10-4-5-12(8-15(10)19)20-18(21)17-11(2)14-9-13(22-3)6-7-16(14)23-17/h4-9H,1-3H3,(H,20,21). The van der Waals surface area contributed by atoms with Crippen molar-refractivity contribution >= 4 is 22.6 Å². The second kappa shape index (κ2) is 5.76. The molecule has 0 atom stereocenters. The minimum atomic E-state index is -0.416. The average Bonchev–Trinajstić information content (AvgIpc) is 2.87. The molecular formula is C18H16FNO3. The lowest BCUT2D eigenvalue weighted by Gasteiger charge is -2.05. The first-order valence-corrected chi connectivity index (χ1v) is 7.14. The van der Waals surface area contributed by atoms with Crippen molar-refractivity contribution in [3.8, 4) is 5.75 Å². The molecule has 4 nitrogen and oxygen atoms in total. The maximum atomic E-state index is 13.6. The van der Waals surface area contributed by atoms with Crippen molar-refractivity contribution in [2.24, 2.45) is 0 Å². The normalized spacial score (nSPS) is 10.8. The van der Waals surface area contributed by atoms with E-state index >= 15 is 0 Å². The van der Waals surface area contributed by atoms with Gasteiger partial charge in [-0.1, -0.05) is 6.07 Å². The largest absolute Gasteiger partial charge is 0.497 e. The van der Waals surface area contributed by atoms with Gasteiger partial charge < -0.3 is 14.5 Å². The molecule has 2 aromatic carbocycles. The average molecular weight is 313 g/mol. The number of ether oxygens (including phenoxy) is 1. The van der Waals surface area contributed by atoms with E-state index < -0.39 is 5.91 Å². The summed E-state index contributed by atoms with van der Waals surface area (Å²) in [5.41, 5.74) is 2.22. The highest BCUT2D eigenvalue weighted by Crippen LogP contribution is 2.29. The number of carbonyl (C=O) groups is 1. The number of carbonyl (C=O) groups excluding carboxylic acids is 1. The van der Waals surface area contributed by atoms with Gasteiger partial charge in [-0.05, 0) is 49.7 Å². The lowest BCUT2D eigenvalue weighted by atomic mass is 10.1. The van der Waals surface area contributed by atoms with E-state index in [1.54, 1.807) is 45.2 Å². The number of rotatable bonds is 3. The molecule has 0 aliphatic heterocycles. The van der Waals surface area contributed by atoms with Gasteiger partial charge in [-0.2, -0.15) is 0 Å². The number of amides is 1. The zero-order valence-corrected chi connectivity index (χ0v) is 13.1. The molecular weight excluding hydrogens is 297 g/mol. The Kier molecular flexibility index (Phi) is 3.78. The van der Waals surface area contributed by atoms with Crippen molar-refractivity contribution in [1.82, 2.24) is 0 Å². The Bertz CT molecular complexity index is 899. The molecule has 23 heavy (non-hydrogen) atoms. The van der Waals surface area contributed by atoms with Gasteiger partial charge in [-0.15, -0.1) is 0 Å². The van der Waals surface area contributed by atoms with Crippen LogP contribution in [0.4, 0.5) is 10.1 Å². The van der Waals surface area contributed by atoms with Crippen LogP contribution in [-0.2, 0) is 0 Å². The van der Waals surface area contributed by atoms with Crippen molar-refractivity contribution in [2.45, 2.75) is 13.8 Å². The molecule has 0 unspecified atom stereocenters. The van der Waals surface area contributed by atoms with E-state index in [9.17, 15) is 9.18 Å². The van der Waals surface area contributed by atoms with Crippen LogP contribution in [0.1, 0.15) is 21.7 Å². The third-order valence-corrected chi connectivity index (χ3v) is 3.78. The van der Waals surface area contributed by atoms with E-state index in [0.717, 1.165) is 5.39 Å². The molecule has 0 radical (unpaired) electrons. The molecule has 1 N–H and O–H groups in total. The number of aryl methyl sites for hydroxylation is 2. The van der Waals surface area contributed by atoms with Crippen LogP contribution in [0.2, 0.25) is 0 Å². The molecule has 0 aliphatic rings. The second-order valence-electron chi connectivity index (χ2n) is 5.34. The first kappa shape index (κ1) is 15.1. The first-order chi connectivity index (χ1) is 11.0. The molecule has 0 fully saturated rings. The van der Waals surface area contributed by atoms with Gasteiger partial charge in [0, 0.05) is 16.6 Å². The summed E-state index contributed by atoms with van der Waals surface area (Å²) < 4.78 is 24.4. The Morgan fingerprint density at radius 2 is 1.96 bits per heavy atom. The fourth-order valence-corrected chi connectivity index (χ4v) is 2.40. The number of benzene rings is 2. The number of furan rings is 1. The quantitative estimate of drug-likeness (QED) is 0.777. The Labute approximate surface area is 132 Å². The number of hydrogen-bond acceptors (Lipinski definition) is 3. The summed E-state index contributed by atoms with van der Waals surface area (Å²) in [5, 5.41) is 3.46. The minimum absolute atomic E-state index is 0.203. The zero-order chi connectivity index (χ0) is 16.6. The van der Waals surface area contributed by atoms with Crippen molar-refractivity contribution in [3.63, 3.8) is 0 Å². The predicted molar refractivity (Wildman–Crippen MR) is 86.6 cm³/mol. The van der Waals surface area contributed by atoms with Gasteiger partial charge in [0.25, 0.3) is 5.91 Å². The van der Waals surface area contributed by atoms with E-state index in [1.807, 2.05) is 6.07 Å². The lowest BCUT2D eigenvalue weighted by Crippen LogP contribution is -2.12. The molecule has 118 valence electrons. The van der Waals surface area contributed by atoms with Crippen molar-refractivity contribution < 1.29 is 18.3 Å². The summed E-state index contributed by atoms with van der Waals surface area (Å²) in [5.74, 6) is 0.109. The van der Waals surface area contributed by atoms with Crippen LogP contribution < -0.4 is 10.1 Å². The van der Waals surface area contributed by atoms with Crippen molar-refractivity contribution in [1.29, 1.82) is 0 Å². The number of methoxy groups -OCH3 is 1. The van der Waals surface area contributed by atoms with Gasteiger partial charge in [0.05, 0.1) is 7.11 Å². The molecule has 3 aromatic rings. The molecule has 1 amide bonds. The van der Waals surface area contributed by atoms with Gasteiger partial charge in [-0.25, -0.2) is 4.39 Å². The highest BCUT2D eigenvalue weighted by atomic mass is 19.1. The summed E-state index contributed by atoms with van der Waals surface area (Å²) >= 11 is 0. The smallest absolute Gasteiger partial charge is 0.291 e. The Morgan fingerprint density at radius 3 is 2.65 bits per heavy atom. The summed E-state index contributed by atoms with van der Waals surface area (Å²) in [4.78, 5) is 12.4. The van der Waals surface area contributed by atoms with Crippen LogP contribution in [0.3, 0.4) is 0 Å². The molecule has 0 saturated heterocycles. The fourth-order valence-electron chi connectivity index (χ4n) is 2.40. The summed E-state index contributed by atoms with van der Waals surface area (Å²) in [6.45, 7) is 3.47. The monoisotopic (exact) mass is 313 g/mol. The third kappa shape index (κ3) is 2.77. The molecule has 0 aliphatic carbocycles. The summed E-state index contributed by atoms with van der Waals surface area (Å²) in [6, 6.07) is 9.88. The van der Waals surface area contributed by atoms with Crippen LogP contribution in [0, 0.1) is 19.7 Å². The molecule has 5 heteroatoms. The SMILES string of the molecule is COc1ccc2oc(C(=O)Nc3ccc(C)c(F)c3)c(C)c2c1. The molecule has 1 aromatic heterocycles. The highest BCUT2D eigenvalue weighted by Gasteiger charge is 2.18. The molecule has 0 spiro atoms. The number of halogens is 1. The van der Waals surface area contributed by atoms with Crippen molar-refractivity contribution in [2.75, 3.05) is 12.4 Å². The van der Waals surface area contributed by atoms with E-state index in [4.69, 9.17) is 9.15 Å². The Balaban J connectivity index is 1.94. The van der Waals surface area contributed by atoms with E-state index in [1.165, 1.54) is 6.07 Å². The van der Waals surface area contributed by atoms with Crippen LogP contribution in [-0.4, -0.2) is 13.0 Å². The molecule has 0 bridgehead atoms. The number of nitrogens with one attached hydrogen (secondary N) is 1. The van der Waals surface area contributed by atoms with Gasteiger partial charge in [-0.3, -0.25) is 4.79 Å². The number of anilines is 1. The first-order valence-electron chi connectivity index (χ1n) is 7.14. The Hall–Kier alpha value is -2.82. The van der Waals surface area contributed by atoms with E-state index in [-0.39, 0.29) is 11.6 Å². The maximum Gasteiger partial charge on any atom is 0.291 e. The minimum Gasteiger partial charge on any atom is -0.497 e. The van der Waals surface area contributed by atoms with Crippen LogP contribution in [0.5, 0.6) is 5.75 Å². The zero-order valence-electron chi connectivity index (χ0n) is 13.1. The van der Waals surface area contributed by atoms with E-state index in [0.29, 0.717) is 28.1 Å². The van der Waals surface area contributed by atoms with Gasteiger partial charge in [0.15, 0.2) is 5.76 Å².